The van der Waals surface area contributed by atoms with Crippen molar-refractivity contribution in [2.45, 2.75) is 26.3 Å². The summed E-state index contributed by atoms with van der Waals surface area (Å²) in [5, 5.41) is 2.95. The number of hydrogen-bond donors (Lipinski definition) is 1. The summed E-state index contributed by atoms with van der Waals surface area (Å²) in [6.07, 6.45) is 2.54. The second-order valence-corrected chi connectivity index (χ2v) is 6.70. The Bertz CT molecular complexity index is 757. The highest BCUT2D eigenvalue weighted by atomic mass is 16.5. The molecule has 1 aromatic heterocycles. The first-order valence-electron chi connectivity index (χ1n) is 9.38. The Hall–Kier alpha value is -2.83. The molecule has 1 amide bonds. The quantitative estimate of drug-likeness (QED) is 0.843. The van der Waals surface area contributed by atoms with E-state index in [0.717, 1.165) is 38.3 Å². The first kappa shape index (κ1) is 18.9. The van der Waals surface area contributed by atoms with Gasteiger partial charge < -0.3 is 19.9 Å². The molecule has 1 aromatic carbocycles. The minimum absolute atomic E-state index is 0.129. The number of nitrogens with zero attached hydrogens (tertiary/aromatic N) is 4. The number of hydrogen-bond acceptors (Lipinski definition) is 6. The van der Waals surface area contributed by atoms with Gasteiger partial charge in [0, 0.05) is 44.1 Å². The number of piperazine rings is 1. The predicted molar refractivity (Wildman–Crippen MR) is 107 cm³/mol. The number of methoxy groups -OCH3 is 1. The van der Waals surface area contributed by atoms with Crippen LogP contribution < -0.4 is 19.9 Å². The van der Waals surface area contributed by atoms with Crippen molar-refractivity contribution >= 4 is 17.5 Å². The molecule has 0 radical (unpaired) electrons. The Balaban J connectivity index is 1.62. The molecular formula is C20H27N5O2. The van der Waals surface area contributed by atoms with E-state index in [2.05, 4.69) is 37.2 Å². The van der Waals surface area contributed by atoms with Gasteiger partial charge in [-0.2, -0.15) is 0 Å². The van der Waals surface area contributed by atoms with E-state index in [1.54, 1.807) is 19.4 Å². The number of ether oxygens (including phenoxy) is 1. The summed E-state index contributed by atoms with van der Waals surface area (Å²) < 4.78 is 5.22. The summed E-state index contributed by atoms with van der Waals surface area (Å²) in [4.78, 5) is 25.6. The van der Waals surface area contributed by atoms with E-state index in [1.807, 2.05) is 26.0 Å². The van der Waals surface area contributed by atoms with E-state index in [9.17, 15) is 4.79 Å². The smallest absolute Gasteiger partial charge is 0.270 e. The molecule has 1 atom stereocenters. The summed E-state index contributed by atoms with van der Waals surface area (Å²) in [6.45, 7) is 7.39. The number of carbonyl (C=O) groups excluding carboxylic acids is 1. The molecule has 1 unspecified atom stereocenters. The summed E-state index contributed by atoms with van der Waals surface area (Å²) in [5.41, 5.74) is 1.59. The van der Waals surface area contributed by atoms with Crippen molar-refractivity contribution in [3.8, 4) is 5.75 Å². The number of carbonyl (C=O) groups is 1. The number of amides is 1. The molecule has 1 N–H and O–H groups in total. The van der Waals surface area contributed by atoms with Crippen LogP contribution in [0.15, 0.2) is 36.5 Å². The zero-order valence-corrected chi connectivity index (χ0v) is 16.2. The molecule has 0 aliphatic carbocycles. The summed E-state index contributed by atoms with van der Waals surface area (Å²) >= 11 is 0. The second kappa shape index (κ2) is 8.70. The maximum Gasteiger partial charge on any atom is 0.270 e. The van der Waals surface area contributed by atoms with Crippen LogP contribution in [-0.2, 0) is 0 Å². The van der Waals surface area contributed by atoms with Crippen LogP contribution in [0.2, 0.25) is 0 Å². The Morgan fingerprint density at radius 2 is 1.81 bits per heavy atom. The van der Waals surface area contributed by atoms with Crippen molar-refractivity contribution in [2.75, 3.05) is 43.1 Å². The van der Waals surface area contributed by atoms with Gasteiger partial charge in [-0.15, -0.1) is 0 Å². The van der Waals surface area contributed by atoms with Gasteiger partial charge in [-0.3, -0.25) is 4.79 Å². The maximum absolute atomic E-state index is 12.3. The van der Waals surface area contributed by atoms with E-state index in [0.29, 0.717) is 11.6 Å². The van der Waals surface area contributed by atoms with Gasteiger partial charge >= 0.3 is 0 Å². The number of rotatable bonds is 6. The van der Waals surface area contributed by atoms with Crippen LogP contribution in [-0.4, -0.2) is 55.2 Å². The molecule has 7 nitrogen and oxygen atoms in total. The fourth-order valence-electron chi connectivity index (χ4n) is 2.98. The monoisotopic (exact) mass is 369 g/mol. The highest BCUT2D eigenvalue weighted by molar-refractivity contribution is 5.92. The minimum Gasteiger partial charge on any atom is -0.497 e. The van der Waals surface area contributed by atoms with E-state index in [1.165, 1.54) is 5.69 Å². The molecule has 27 heavy (non-hydrogen) atoms. The fraction of sp³-hybridized carbons (Fsp3) is 0.450. The van der Waals surface area contributed by atoms with Crippen molar-refractivity contribution in [1.29, 1.82) is 0 Å². The van der Waals surface area contributed by atoms with Crippen LogP contribution in [0.25, 0.3) is 0 Å². The highest BCUT2D eigenvalue weighted by Crippen LogP contribution is 2.21. The molecule has 1 aliphatic heterocycles. The fourth-order valence-corrected chi connectivity index (χ4v) is 2.98. The van der Waals surface area contributed by atoms with Gasteiger partial charge in [0.25, 0.3) is 5.91 Å². The van der Waals surface area contributed by atoms with Gasteiger partial charge in [0.15, 0.2) is 0 Å². The summed E-state index contributed by atoms with van der Waals surface area (Å²) in [7, 11) is 1.67. The second-order valence-electron chi connectivity index (χ2n) is 6.70. The number of nitrogens with one attached hydrogen (secondary N) is 1. The van der Waals surface area contributed by atoms with Crippen molar-refractivity contribution in [2.24, 2.45) is 0 Å². The lowest BCUT2D eigenvalue weighted by molar-refractivity contribution is 0.0934. The van der Waals surface area contributed by atoms with Crippen LogP contribution in [0.1, 0.15) is 30.8 Å². The SMILES string of the molecule is CCC(C)NC(=O)c1ccnc(N2CCN(c3ccc(OC)cc3)CC2)n1. The maximum atomic E-state index is 12.3. The topological polar surface area (TPSA) is 70.6 Å². The average molecular weight is 369 g/mol. The molecule has 1 fully saturated rings. The van der Waals surface area contributed by atoms with Gasteiger partial charge in [-0.05, 0) is 43.7 Å². The number of aromatic nitrogens is 2. The van der Waals surface area contributed by atoms with Crippen LogP contribution in [0, 0.1) is 0 Å². The van der Waals surface area contributed by atoms with E-state index in [-0.39, 0.29) is 11.9 Å². The molecule has 2 heterocycles. The molecule has 2 aromatic rings. The van der Waals surface area contributed by atoms with E-state index in [4.69, 9.17) is 4.74 Å². The van der Waals surface area contributed by atoms with Crippen LogP contribution >= 0.6 is 0 Å². The zero-order chi connectivity index (χ0) is 19.2. The van der Waals surface area contributed by atoms with Crippen LogP contribution in [0.3, 0.4) is 0 Å². The summed E-state index contributed by atoms with van der Waals surface area (Å²) in [6, 6.07) is 9.89. The standard InChI is InChI=1S/C20H27N5O2/c1-4-15(2)22-19(26)18-9-10-21-20(23-18)25-13-11-24(12-14-25)16-5-7-17(27-3)8-6-16/h5-10,15H,4,11-14H2,1-3H3,(H,22,26). The lowest BCUT2D eigenvalue weighted by Crippen LogP contribution is -2.47. The van der Waals surface area contributed by atoms with Crippen molar-refractivity contribution in [3.05, 3.63) is 42.2 Å². The Kier molecular flexibility index (Phi) is 6.11. The molecule has 7 heteroatoms. The molecule has 0 spiro atoms. The predicted octanol–water partition coefficient (Wildman–Crippen LogP) is 2.34. The largest absolute Gasteiger partial charge is 0.497 e. The number of anilines is 2. The molecule has 1 saturated heterocycles. The normalized spacial score (nSPS) is 15.4. The van der Waals surface area contributed by atoms with Gasteiger partial charge in [0.05, 0.1) is 7.11 Å². The molecular weight excluding hydrogens is 342 g/mol. The van der Waals surface area contributed by atoms with E-state index < -0.39 is 0 Å². The van der Waals surface area contributed by atoms with Gasteiger partial charge in [0.1, 0.15) is 11.4 Å². The molecule has 144 valence electrons. The highest BCUT2D eigenvalue weighted by Gasteiger charge is 2.20. The van der Waals surface area contributed by atoms with Crippen LogP contribution in [0.4, 0.5) is 11.6 Å². The first-order chi connectivity index (χ1) is 13.1. The summed E-state index contributed by atoms with van der Waals surface area (Å²) in [5.74, 6) is 1.32. The first-order valence-corrected chi connectivity index (χ1v) is 9.38. The van der Waals surface area contributed by atoms with Crippen molar-refractivity contribution < 1.29 is 9.53 Å². The van der Waals surface area contributed by atoms with Crippen molar-refractivity contribution in [1.82, 2.24) is 15.3 Å². The Morgan fingerprint density at radius 3 is 2.44 bits per heavy atom. The molecule has 1 aliphatic rings. The minimum atomic E-state index is -0.148. The molecule has 0 bridgehead atoms. The van der Waals surface area contributed by atoms with Crippen molar-refractivity contribution in [3.63, 3.8) is 0 Å². The van der Waals surface area contributed by atoms with Gasteiger partial charge in [-0.25, -0.2) is 9.97 Å². The molecule has 3 rings (SSSR count). The Morgan fingerprint density at radius 1 is 1.15 bits per heavy atom. The Labute approximate surface area is 160 Å². The van der Waals surface area contributed by atoms with E-state index >= 15 is 0 Å². The third kappa shape index (κ3) is 4.67. The lowest BCUT2D eigenvalue weighted by Gasteiger charge is -2.36. The molecule has 0 saturated carbocycles. The third-order valence-corrected chi connectivity index (χ3v) is 4.87. The average Bonchev–Trinajstić information content (AvgIpc) is 2.74. The van der Waals surface area contributed by atoms with Gasteiger partial charge in [0.2, 0.25) is 5.95 Å². The van der Waals surface area contributed by atoms with Crippen LogP contribution in [0.5, 0.6) is 5.75 Å². The lowest BCUT2D eigenvalue weighted by atomic mass is 10.2. The zero-order valence-electron chi connectivity index (χ0n) is 16.2. The third-order valence-electron chi connectivity index (χ3n) is 4.87. The van der Waals surface area contributed by atoms with Gasteiger partial charge in [-0.1, -0.05) is 6.92 Å². The number of benzene rings is 1.